The second-order valence-corrected chi connectivity index (χ2v) is 9.06. The van der Waals surface area contributed by atoms with Crippen molar-refractivity contribution in [3.05, 3.63) is 71.0 Å². The Hall–Kier alpha value is -3.13. The number of nitrogens with one attached hydrogen (secondary N) is 2. The molecular weight excluding hydrogens is 422 g/mol. The summed E-state index contributed by atoms with van der Waals surface area (Å²) in [5.74, 6) is 0.709. The highest BCUT2D eigenvalue weighted by molar-refractivity contribution is 7.99. The average Bonchev–Trinajstić information content (AvgIpc) is 3.13. The van der Waals surface area contributed by atoms with E-state index in [4.69, 9.17) is 0 Å². The summed E-state index contributed by atoms with van der Waals surface area (Å²) >= 11 is 1.31. The van der Waals surface area contributed by atoms with Gasteiger partial charge in [0, 0.05) is 18.3 Å². The Morgan fingerprint density at radius 1 is 1.06 bits per heavy atom. The fourth-order valence-corrected chi connectivity index (χ4v) is 3.97. The summed E-state index contributed by atoms with van der Waals surface area (Å²) in [6.45, 7) is 8.00. The molecule has 168 valence electrons. The van der Waals surface area contributed by atoms with E-state index in [9.17, 15) is 9.59 Å². The lowest BCUT2D eigenvalue weighted by atomic mass is 10.0. The first kappa shape index (κ1) is 23.5. The number of hydrogen-bond donors (Lipinski definition) is 2. The van der Waals surface area contributed by atoms with Crippen LogP contribution in [0.4, 0.5) is 5.69 Å². The molecule has 1 atom stereocenters. The molecule has 0 saturated carbocycles. The fraction of sp³-hybridized carbons (Fsp3) is 0.333. The van der Waals surface area contributed by atoms with Crippen LogP contribution in [-0.2, 0) is 11.8 Å². The monoisotopic (exact) mass is 451 g/mol. The standard InChI is InChI=1S/C24H29N5O2S/c1-15(2)21(26-23(31)18-9-7-6-8-10-18)22-27-28-24(29(22)5)32-14-20(30)25-19-13-16(3)11-12-17(19)4/h6-13,15,21H,14H2,1-5H3,(H,25,30)(H,26,31)/t21-/m1/s1. The van der Waals surface area contributed by atoms with Crippen LogP contribution in [0.1, 0.15) is 47.2 Å². The van der Waals surface area contributed by atoms with Gasteiger partial charge in [-0.2, -0.15) is 0 Å². The molecule has 8 heteroatoms. The molecule has 32 heavy (non-hydrogen) atoms. The Morgan fingerprint density at radius 2 is 1.78 bits per heavy atom. The van der Waals surface area contributed by atoms with Gasteiger partial charge in [-0.1, -0.05) is 55.9 Å². The molecule has 2 amide bonds. The topological polar surface area (TPSA) is 88.9 Å². The number of aryl methyl sites for hydroxylation is 2. The second-order valence-electron chi connectivity index (χ2n) is 8.12. The van der Waals surface area contributed by atoms with E-state index in [1.807, 2.05) is 75.7 Å². The van der Waals surface area contributed by atoms with Gasteiger partial charge in [0.15, 0.2) is 11.0 Å². The minimum atomic E-state index is -0.307. The highest BCUT2D eigenvalue weighted by Gasteiger charge is 2.25. The van der Waals surface area contributed by atoms with E-state index >= 15 is 0 Å². The van der Waals surface area contributed by atoms with Crippen LogP contribution >= 0.6 is 11.8 Å². The molecule has 0 bridgehead atoms. The zero-order chi connectivity index (χ0) is 23.3. The molecule has 2 aromatic carbocycles. The number of anilines is 1. The van der Waals surface area contributed by atoms with Crippen molar-refractivity contribution >= 4 is 29.3 Å². The van der Waals surface area contributed by atoms with Crippen molar-refractivity contribution in [3.8, 4) is 0 Å². The van der Waals surface area contributed by atoms with Gasteiger partial charge in [-0.15, -0.1) is 10.2 Å². The third kappa shape index (κ3) is 5.76. The first-order valence-electron chi connectivity index (χ1n) is 10.5. The fourth-order valence-electron chi connectivity index (χ4n) is 3.25. The molecule has 0 aliphatic carbocycles. The van der Waals surface area contributed by atoms with Gasteiger partial charge in [-0.05, 0) is 49.1 Å². The van der Waals surface area contributed by atoms with Gasteiger partial charge in [-0.3, -0.25) is 9.59 Å². The van der Waals surface area contributed by atoms with E-state index in [0.29, 0.717) is 16.5 Å². The summed E-state index contributed by atoms with van der Waals surface area (Å²) in [6, 6.07) is 14.8. The summed E-state index contributed by atoms with van der Waals surface area (Å²) in [5, 5.41) is 15.2. The summed E-state index contributed by atoms with van der Waals surface area (Å²) in [7, 11) is 1.85. The van der Waals surface area contributed by atoms with E-state index in [1.54, 1.807) is 12.1 Å². The Morgan fingerprint density at radius 3 is 2.47 bits per heavy atom. The van der Waals surface area contributed by atoms with Crippen LogP contribution in [0.2, 0.25) is 0 Å². The Balaban J connectivity index is 1.67. The quantitative estimate of drug-likeness (QED) is 0.499. The van der Waals surface area contributed by atoms with Gasteiger partial charge in [0.1, 0.15) is 0 Å². The predicted octanol–water partition coefficient (Wildman–Crippen LogP) is 4.29. The maximum atomic E-state index is 12.7. The number of nitrogens with zero attached hydrogens (tertiary/aromatic N) is 3. The van der Waals surface area contributed by atoms with Crippen LogP contribution in [0.5, 0.6) is 0 Å². The lowest BCUT2D eigenvalue weighted by molar-refractivity contribution is -0.113. The van der Waals surface area contributed by atoms with E-state index in [1.165, 1.54) is 11.8 Å². The number of benzene rings is 2. The molecule has 0 fully saturated rings. The predicted molar refractivity (Wildman–Crippen MR) is 128 cm³/mol. The molecule has 0 aliphatic heterocycles. The normalized spacial score (nSPS) is 11.9. The van der Waals surface area contributed by atoms with Crippen molar-refractivity contribution in [2.75, 3.05) is 11.1 Å². The number of thioether (sulfide) groups is 1. The van der Waals surface area contributed by atoms with Gasteiger partial charge in [0.05, 0.1) is 11.8 Å². The second kappa shape index (κ2) is 10.5. The van der Waals surface area contributed by atoms with Crippen molar-refractivity contribution in [1.82, 2.24) is 20.1 Å². The zero-order valence-corrected chi connectivity index (χ0v) is 19.9. The zero-order valence-electron chi connectivity index (χ0n) is 19.0. The van der Waals surface area contributed by atoms with Crippen molar-refractivity contribution in [1.29, 1.82) is 0 Å². The first-order chi connectivity index (χ1) is 15.3. The number of rotatable bonds is 8. The molecule has 0 saturated heterocycles. The third-order valence-electron chi connectivity index (χ3n) is 5.14. The molecule has 1 heterocycles. The van der Waals surface area contributed by atoms with Gasteiger partial charge in [0.2, 0.25) is 5.91 Å². The molecule has 3 rings (SSSR count). The number of hydrogen-bond acceptors (Lipinski definition) is 5. The van der Waals surface area contributed by atoms with Crippen LogP contribution in [0.3, 0.4) is 0 Å². The highest BCUT2D eigenvalue weighted by Crippen LogP contribution is 2.25. The Kier molecular flexibility index (Phi) is 7.69. The van der Waals surface area contributed by atoms with Crippen LogP contribution < -0.4 is 10.6 Å². The SMILES string of the molecule is Cc1ccc(C)c(NC(=O)CSc2nnc([C@H](NC(=O)c3ccccc3)C(C)C)n2C)c1. The Labute approximate surface area is 193 Å². The van der Waals surface area contributed by atoms with Crippen LogP contribution in [-0.4, -0.2) is 32.3 Å². The van der Waals surface area contributed by atoms with Crippen molar-refractivity contribution in [2.45, 2.75) is 38.9 Å². The van der Waals surface area contributed by atoms with Gasteiger partial charge >= 0.3 is 0 Å². The number of carbonyl (C=O) groups excluding carboxylic acids is 2. The van der Waals surface area contributed by atoms with Crippen molar-refractivity contribution in [3.63, 3.8) is 0 Å². The summed E-state index contributed by atoms with van der Waals surface area (Å²) in [6.07, 6.45) is 0. The Bertz CT molecular complexity index is 1100. The third-order valence-corrected chi connectivity index (χ3v) is 6.16. The maximum Gasteiger partial charge on any atom is 0.251 e. The van der Waals surface area contributed by atoms with Gasteiger partial charge in [0.25, 0.3) is 5.91 Å². The minimum Gasteiger partial charge on any atom is -0.342 e. The summed E-state index contributed by atoms with van der Waals surface area (Å²) in [4.78, 5) is 25.1. The van der Waals surface area contributed by atoms with Gasteiger partial charge < -0.3 is 15.2 Å². The molecule has 7 nitrogen and oxygen atoms in total. The van der Waals surface area contributed by atoms with Gasteiger partial charge in [-0.25, -0.2) is 0 Å². The smallest absolute Gasteiger partial charge is 0.251 e. The van der Waals surface area contributed by atoms with E-state index in [0.717, 1.165) is 16.8 Å². The maximum absolute atomic E-state index is 12.7. The van der Waals surface area contributed by atoms with Crippen LogP contribution in [0.25, 0.3) is 0 Å². The van der Waals surface area contributed by atoms with Crippen molar-refractivity contribution < 1.29 is 9.59 Å². The molecule has 0 radical (unpaired) electrons. The molecule has 1 aromatic heterocycles. The van der Waals surface area contributed by atoms with E-state index in [2.05, 4.69) is 20.8 Å². The molecule has 3 aromatic rings. The number of aromatic nitrogens is 3. The van der Waals surface area contributed by atoms with Crippen LogP contribution in [0, 0.1) is 19.8 Å². The van der Waals surface area contributed by atoms with E-state index in [-0.39, 0.29) is 29.5 Å². The molecule has 2 N–H and O–H groups in total. The lowest BCUT2D eigenvalue weighted by Gasteiger charge is -2.21. The minimum absolute atomic E-state index is 0.106. The number of carbonyl (C=O) groups is 2. The average molecular weight is 452 g/mol. The largest absolute Gasteiger partial charge is 0.342 e. The van der Waals surface area contributed by atoms with Crippen LogP contribution in [0.15, 0.2) is 53.7 Å². The first-order valence-corrected chi connectivity index (χ1v) is 11.5. The lowest BCUT2D eigenvalue weighted by Crippen LogP contribution is -2.33. The van der Waals surface area contributed by atoms with E-state index < -0.39 is 0 Å². The molecule has 0 unspecified atom stereocenters. The molecular formula is C24H29N5O2S. The number of amides is 2. The summed E-state index contributed by atoms with van der Waals surface area (Å²) < 4.78 is 1.84. The summed E-state index contributed by atoms with van der Waals surface area (Å²) in [5.41, 5.74) is 3.52. The molecule has 0 aliphatic rings. The highest BCUT2D eigenvalue weighted by atomic mass is 32.2. The van der Waals surface area contributed by atoms with Crippen molar-refractivity contribution in [2.24, 2.45) is 13.0 Å². The molecule has 0 spiro atoms.